The predicted molar refractivity (Wildman–Crippen MR) is 171 cm³/mol. The zero-order chi connectivity index (χ0) is 34.4. The van der Waals surface area contributed by atoms with Crippen molar-refractivity contribution in [2.24, 2.45) is 5.92 Å². The maximum atomic E-state index is 13.7. The highest BCUT2D eigenvalue weighted by molar-refractivity contribution is 7.89. The van der Waals surface area contributed by atoms with Gasteiger partial charge in [0.05, 0.1) is 18.6 Å². The number of nitrogens with one attached hydrogen (secondary N) is 4. The van der Waals surface area contributed by atoms with Crippen molar-refractivity contribution in [1.29, 1.82) is 0 Å². The minimum absolute atomic E-state index is 0.0789. The van der Waals surface area contributed by atoms with Gasteiger partial charge in [-0.25, -0.2) is 18.0 Å². The molecule has 2 atom stereocenters. The smallest absolute Gasteiger partial charge is 0.412 e. The zero-order valence-electron chi connectivity index (χ0n) is 26.8. The van der Waals surface area contributed by atoms with Crippen molar-refractivity contribution in [1.82, 2.24) is 20.3 Å². The summed E-state index contributed by atoms with van der Waals surface area (Å²) in [6.45, 7) is 4.33. The number of amides is 4. The van der Waals surface area contributed by atoms with Gasteiger partial charge in [0.15, 0.2) is 0 Å². The first-order valence-corrected chi connectivity index (χ1v) is 16.8. The van der Waals surface area contributed by atoms with Gasteiger partial charge in [0.25, 0.3) is 5.91 Å². The second-order valence-corrected chi connectivity index (χ2v) is 14.3. The Balaban J connectivity index is 1.36. The zero-order valence-corrected chi connectivity index (χ0v) is 27.6. The molecule has 14 nitrogen and oxygen atoms in total. The maximum Gasteiger partial charge on any atom is 0.412 e. The molecule has 0 spiro atoms. The summed E-state index contributed by atoms with van der Waals surface area (Å²) in [5.74, 6) is -2.99. The molecule has 2 bridgehead atoms. The number of ether oxygens (including phenoxy) is 2. The second kappa shape index (κ2) is 14.9. The van der Waals surface area contributed by atoms with Crippen molar-refractivity contribution < 1.29 is 41.9 Å². The van der Waals surface area contributed by atoms with Crippen LogP contribution in [0.25, 0.3) is 0 Å². The van der Waals surface area contributed by atoms with Crippen LogP contribution in [-0.4, -0.2) is 86.4 Å². The first kappa shape index (κ1) is 35.4. The summed E-state index contributed by atoms with van der Waals surface area (Å²) in [5.41, 5.74) is -0.224. The van der Waals surface area contributed by atoms with E-state index in [2.05, 4.69) is 21.3 Å². The third-order valence-corrected chi connectivity index (χ3v) is 9.84. The van der Waals surface area contributed by atoms with Gasteiger partial charge in [-0.1, -0.05) is 24.3 Å². The molecule has 2 aromatic rings. The van der Waals surface area contributed by atoms with Crippen LogP contribution in [0.3, 0.4) is 0 Å². The number of hydrogen-bond acceptors (Lipinski definition) is 9. The van der Waals surface area contributed by atoms with Crippen LogP contribution in [0, 0.1) is 5.92 Å². The lowest BCUT2D eigenvalue weighted by molar-refractivity contribution is -0.146. The van der Waals surface area contributed by atoms with Crippen molar-refractivity contribution in [2.75, 3.05) is 25.5 Å². The molecule has 4 N–H and O–H groups in total. The normalized spacial score (nSPS) is 20.0. The molecule has 2 heterocycles. The highest BCUT2D eigenvalue weighted by Gasteiger charge is 2.51. The van der Waals surface area contributed by atoms with E-state index in [9.17, 15) is 32.4 Å². The first-order chi connectivity index (χ1) is 22.2. The van der Waals surface area contributed by atoms with Crippen molar-refractivity contribution in [3.05, 3.63) is 60.2 Å². The van der Waals surface area contributed by atoms with E-state index in [-0.39, 0.29) is 29.0 Å². The number of benzene rings is 2. The Morgan fingerprint density at radius 3 is 2.26 bits per heavy atom. The van der Waals surface area contributed by atoms with Gasteiger partial charge in [0.2, 0.25) is 21.8 Å². The molecular formula is C32H41N5O9S. The van der Waals surface area contributed by atoms with Gasteiger partial charge in [-0.15, -0.1) is 0 Å². The summed E-state index contributed by atoms with van der Waals surface area (Å²) in [6.07, 6.45) is 1.91. The molecule has 2 aromatic carbocycles. The summed E-state index contributed by atoms with van der Waals surface area (Å²) in [5, 5.41) is 10.1. The van der Waals surface area contributed by atoms with Crippen molar-refractivity contribution >= 4 is 45.5 Å². The molecule has 1 aliphatic carbocycles. The summed E-state index contributed by atoms with van der Waals surface area (Å²) in [4.78, 5) is 63.7. The Labute approximate surface area is 274 Å². The van der Waals surface area contributed by atoms with E-state index in [1.807, 2.05) is 0 Å². The van der Waals surface area contributed by atoms with Crippen LogP contribution in [0.15, 0.2) is 59.5 Å². The van der Waals surface area contributed by atoms with E-state index >= 15 is 0 Å². The molecule has 1 saturated carbocycles. The first-order valence-electron chi connectivity index (χ1n) is 15.3. The summed E-state index contributed by atoms with van der Waals surface area (Å²) in [6, 6.07) is 11.2. The topological polar surface area (TPSA) is 189 Å². The summed E-state index contributed by atoms with van der Waals surface area (Å²) >= 11 is 0. The number of carbonyl (C=O) groups excluding carboxylic acids is 5. The standard InChI is InChI=1S/C32H41N5O9S/c1-32(2,3)46-31(42)35-22-10-8-9-21(17-22)28(39)34-19-26(38)33-18-25(30(41)45-4)36-29(40)27-20-13-15-23(16-14-20)37(27)47(43,44)24-11-6-5-7-12-24/h5-12,17,20,23,25,27H,13-16,18-19H2,1-4H3,(H,33,38)(H,34,39)(H,35,42)(H,36,40). The molecule has 2 saturated heterocycles. The lowest BCUT2D eigenvalue weighted by Crippen LogP contribution is -2.64. The number of rotatable bonds is 11. The Morgan fingerprint density at radius 2 is 1.62 bits per heavy atom. The minimum Gasteiger partial charge on any atom is -0.467 e. The highest BCUT2D eigenvalue weighted by Crippen LogP contribution is 2.42. The van der Waals surface area contributed by atoms with Gasteiger partial charge in [-0.3, -0.25) is 19.7 Å². The Bertz CT molecular complexity index is 1590. The Morgan fingerprint density at radius 1 is 0.936 bits per heavy atom. The number of hydrogen-bond donors (Lipinski definition) is 4. The SMILES string of the molecule is COC(=O)C(CNC(=O)CNC(=O)c1cccc(NC(=O)OC(C)(C)C)c1)NC(=O)C1C2CCC(CC2)N1S(=O)(=O)c1ccccc1. The number of carbonyl (C=O) groups is 5. The lowest BCUT2D eigenvalue weighted by Gasteiger charge is -2.49. The van der Waals surface area contributed by atoms with Crippen LogP contribution in [0.2, 0.25) is 0 Å². The predicted octanol–water partition coefficient (Wildman–Crippen LogP) is 2.17. The van der Waals surface area contributed by atoms with Crippen molar-refractivity contribution in [3.8, 4) is 0 Å². The van der Waals surface area contributed by atoms with Crippen LogP contribution < -0.4 is 21.3 Å². The second-order valence-electron chi connectivity index (χ2n) is 12.4. The molecule has 0 radical (unpaired) electrons. The minimum atomic E-state index is -4.01. The maximum absolute atomic E-state index is 13.7. The largest absolute Gasteiger partial charge is 0.467 e. The van der Waals surface area contributed by atoms with E-state index in [0.717, 1.165) is 7.11 Å². The fourth-order valence-corrected chi connectivity index (χ4v) is 7.70. The van der Waals surface area contributed by atoms with Gasteiger partial charge in [-0.05, 0) is 82.7 Å². The van der Waals surface area contributed by atoms with Gasteiger partial charge in [-0.2, -0.15) is 4.31 Å². The average Bonchev–Trinajstić information content (AvgIpc) is 3.04. The molecule has 4 amide bonds. The Hall–Kier alpha value is -4.50. The van der Waals surface area contributed by atoms with Crippen LogP contribution in [0.4, 0.5) is 10.5 Å². The number of anilines is 1. The summed E-state index contributed by atoms with van der Waals surface area (Å²) < 4.78 is 38.7. The molecular weight excluding hydrogens is 630 g/mol. The van der Waals surface area contributed by atoms with Crippen molar-refractivity contribution in [3.63, 3.8) is 0 Å². The van der Waals surface area contributed by atoms with Gasteiger partial charge >= 0.3 is 12.1 Å². The molecule has 3 fully saturated rings. The van der Waals surface area contributed by atoms with E-state index < -0.39 is 64.0 Å². The van der Waals surface area contributed by atoms with Gasteiger partial charge < -0.3 is 25.4 Å². The number of piperidine rings is 2. The molecule has 3 aliphatic rings. The molecule has 0 aromatic heterocycles. The molecule has 2 unspecified atom stereocenters. The van der Waals surface area contributed by atoms with Crippen molar-refractivity contribution in [2.45, 2.75) is 75.1 Å². The number of esters is 1. The number of nitrogens with zero attached hydrogens (tertiary/aromatic N) is 1. The van der Waals surface area contributed by atoms with Crippen LogP contribution >= 0.6 is 0 Å². The van der Waals surface area contributed by atoms with E-state index in [1.54, 1.807) is 51.1 Å². The molecule has 2 aliphatic heterocycles. The average molecular weight is 672 g/mol. The quantitative estimate of drug-likeness (QED) is 0.260. The highest BCUT2D eigenvalue weighted by atomic mass is 32.2. The molecule has 47 heavy (non-hydrogen) atoms. The van der Waals surface area contributed by atoms with E-state index in [0.29, 0.717) is 31.4 Å². The number of sulfonamides is 1. The number of fused-ring (bicyclic) bond motifs is 3. The van der Waals surface area contributed by atoms with Gasteiger partial charge in [0, 0.05) is 23.8 Å². The van der Waals surface area contributed by atoms with Crippen LogP contribution in [0.1, 0.15) is 56.8 Å². The molecule has 5 rings (SSSR count). The Kier molecular flexibility index (Phi) is 11.2. The summed E-state index contributed by atoms with van der Waals surface area (Å²) in [7, 11) is -2.88. The van der Waals surface area contributed by atoms with E-state index in [4.69, 9.17) is 9.47 Å². The third-order valence-electron chi connectivity index (χ3n) is 7.89. The fraction of sp³-hybridized carbons (Fsp3) is 0.469. The molecule has 254 valence electrons. The van der Waals surface area contributed by atoms with Crippen LogP contribution in [0.5, 0.6) is 0 Å². The molecule has 15 heteroatoms. The van der Waals surface area contributed by atoms with Gasteiger partial charge in [0.1, 0.15) is 17.7 Å². The third kappa shape index (κ3) is 9.07. The van der Waals surface area contributed by atoms with Crippen LogP contribution in [-0.2, 0) is 33.9 Å². The number of methoxy groups -OCH3 is 1. The monoisotopic (exact) mass is 671 g/mol. The fourth-order valence-electron chi connectivity index (χ4n) is 5.79. The van der Waals surface area contributed by atoms with E-state index in [1.165, 1.54) is 28.6 Å². The lowest BCUT2D eigenvalue weighted by atomic mass is 9.76.